The predicted molar refractivity (Wildman–Crippen MR) is 91.8 cm³/mol. The number of nitrogens with one attached hydrogen (secondary N) is 2. The van der Waals surface area contributed by atoms with Gasteiger partial charge in [0.1, 0.15) is 5.01 Å². The van der Waals surface area contributed by atoms with E-state index < -0.39 is 12.1 Å². The molecule has 0 aliphatic heterocycles. The summed E-state index contributed by atoms with van der Waals surface area (Å²) < 4.78 is 0. The van der Waals surface area contributed by atoms with Crippen molar-refractivity contribution < 1.29 is 9.90 Å². The number of nitrogens with zero attached hydrogens (tertiary/aromatic N) is 2. The molecular formula is C16H22N4O2S. The van der Waals surface area contributed by atoms with Crippen molar-refractivity contribution in [3.05, 3.63) is 40.4 Å². The maximum atomic E-state index is 11.9. The molecule has 124 valence electrons. The van der Waals surface area contributed by atoms with Crippen LogP contribution in [0.25, 0.3) is 0 Å². The minimum absolute atomic E-state index is 0.102. The van der Waals surface area contributed by atoms with Crippen molar-refractivity contribution in [1.82, 2.24) is 15.5 Å². The van der Waals surface area contributed by atoms with Crippen LogP contribution in [0.3, 0.4) is 0 Å². The van der Waals surface area contributed by atoms with Crippen LogP contribution in [0.15, 0.2) is 24.3 Å². The summed E-state index contributed by atoms with van der Waals surface area (Å²) in [5.41, 5.74) is 1.69. The molecule has 0 aliphatic carbocycles. The number of anilines is 1. The molecule has 7 heteroatoms. The quantitative estimate of drug-likeness (QED) is 0.802. The van der Waals surface area contributed by atoms with Crippen LogP contribution in [-0.4, -0.2) is 27.9 Å². The van der Waals surface area contributed by atoms with Gasteiger partial charge in [0, 0.05) is 12.0 Å². The van der Waals surface area contributed by atoms with E-state index in [-0.39, 0.29) is 12.0 Å². The van der Waals surface area contributed by atoms with Crippen molar-refractivity contribution >= 4 is 22.5 Å². The van der Waals surface area contributed by atoms with Gasteiger partial charge in [0.05, 0.1) is 6.10 Å². The number of rotatable bonds is 4. The van der Waals surface area contributed by atoms with Gasteiger partial charge in [-0.25, -0.2) is 4.79 Å². The normalized spacial score (nSPS) is 12.7. The van der Waals surface area contributed by atoms with E-state index >= 15 is 0 Å². The molecule has 0 fully saturated rings. The lowest BCUT2D eigenvalue weighted by atomic mass is 9.98. The second-order valence-corrected chi connectivity index (χ2v) is 7.35. The SMILES string of the molecule is Cc1ccccc1C(O)CNC(=O)Nc1nnc(C(C)(C)C)s1. The monoisotopic (exact) mass is 334 g/mol. The first-order chi connectivity index (χ1) is 10.8. The lowest BCUT2D eigenvalue weighted by Crippen LogP contribution is -2.32. The van der Waals surface area contributed by atoms with Crippen molar-refractivity contribution in [1.29, 1.82) is 0 Å². The van der Waals surface area contributed by atoms with Gasteiger partial charge in [-0.1, -0.05) is 56.4 Å². The fourth-order valence-corrected chi connectivity index (χ4v) is 2.77. The summed E-state index contributed by atoms with van der Waals surface area (Å²) >= 11 is 1.34. The minimum Gasteiger partial charge on any atom is -0.387 e. The molecule has 1 heterocycles. The Balaban J connectivity index is 1.88. The van der Waals surface area contributed by atoms with E-state index in [1.807, 2.05) is 52.0 Å². The second-order valence-electron chi connectivity index (χ2n) is 6.37. The first-order valence-corrected chi connectivity index (χ1v) is 8.21. The number of hydrogen-bond donors (Lipinski definition) is 3. The molecular weight excluding hydrogens is 312 g/mol. The number of amides is 2. The number of hydrogen-bond acceptors (Lipinski definition) is 5. The van der Waals surface area contributed by atoms with Crippen molar-refractivity contribution in [3.8, 4) is 0 Å². The summed E-state index contributed by atoms with van der Waals surface area (Å²) in [5, 5.41) is 24.8. The molecule has 1 atom stereocenters. The van der Waals surface area contributed by atoms with Crippen molar-refractivity contribution in [3.63, 3.8) is 0 Å². The van der Waals surface area contributed by atoms with E-state index in [9.17, 15) is 9.90 Å². The largest absolute Gasteiger partial charge is 0.387 e. The Hall–Kier alpha value is -1.99. The Morgan fingerprint density at radius 2 is 2.00 bits per heavy atom. The second kappa shape index (κ2) is 7.06. The van der Waals surface area contributed by atoms with Gasteiger partial charge in [0.15, 0.2) is 0 Å². The van der Waals surface area contributed by atoms with Gasteiger partial charge < -0.3 is 10.4 Å². The van der Waals surface area contributed by atoms with Crippen LogP contribution in [0.5, 0.6) is 0 Å². The van der Waals surface area contributed by atoms with E-state index in [1.165, 1.54) is 11.3 Å². The van der Waals surface area contributed by atoms with Gasteiger partial charge in [-0.2, -0.15) is 0 Å². The summed E-state index contributed by atoms with van der Waals surface area (Å²) in [6, 6.07) is 7.14. The zero-order valence-corrected chi connectivity index (χ0v) is 14.6. The molecule has 6 nitrogen and oxygen atoms in total. The molecule has 1 aromatic carbocycles. The highest BCUT2D eigenvalue weighted by Gasteiger charge is 2.20. The average Bonchev–Trinajstić information content (AvgIpc) is 2.94. The summed E-state index contributed by atoms with van der Waals surface area (Å²) in [7, 11) is 0. The van der Waals surface area contributed by atoms with Gasteiger partial charge in [-0.15, -0.1) is 10.2 Å². The van der Waals surface area contributed by atoms with Crippen LogP contribution in [0.4, 0.5) is 9.93 Å². The number of aromatic nitrogens is 2. The number of aliphatic hydroxyl groups excluding tert-OH is 1. The predicted octanol–water partition coefficient (Wildman–Crippen LogP) is 3.00. The molecule has 2 rings (SSSR count). The third kappa shape index (κ3) is 4.74. The van der Waals surface area contributed by atoms with Crippen molar-refractivity contribution in [2.75, 3.05) is 11.9 Å². The molecule has 0 radical (unpaired) electrons. The number of urea groups is 1. The van der Waals surface area contributed by atoms with Crippen LogP contribution >= 0.6 is 11.3 Å². The van der Waals surface area contributed by atoms with E-state index in [0.29, 0.717) is 5.13 Å². The van der Waals surface area contributed by atoms with Gasteiger partial charge >= 0.3 is 6.03 Å². The Bertz CT molecular complexity index is 679. The van der Waals surface area contributed by atoms with E-state index in [4.69, 9.17) is 0 Å². The van der Waals surface area contributed by atoms with Gasteiger partial charge in [-0.3, -0.25) is 5.32 Å². The maximum absolute atomic E-state index is 11.9. The highest BCUT2D eigenvalue weighted by Crippen LogP contribution is 2.27. The van der Waals surface area contributed by atoms with Crippen LogP contribution in [0, 0.1) is 6.92 Å². The number of carbonyl (C=O) groups excluding carboxylic acids is 1. The smallest absolute Gasteiger partial charge is 0.321 e. The molecule has 0 spiro atoms. The van der Waals surface area contributed by atoms with Crippen LogP contribution in [0.1, 0.15) is 43.0 Å². The van der Waals surface area contributed by atoms with Crippen LogP contribution in [0.2, 0.25) is 0 Å². The molecule has 1 unspecified atom stereocenters. The standard InChI is InChI=1S/C16H22N4O2S/c1-10-7-5-6-8-11(10)12(21)9-17-14(22)18-15-20-19-13(23-15)16(2,3)4/h5-8,12,21H,9H2,1-4H3,(H2,17,18,20,22). The highest BCUT2D eigenvalue weighted by atomic mass is 32.1. The number of benzene rings is 1. The Morgan fingerprint density at radius 3 is 2.61 bits per heavy atom. The average molecular weight is 334 g/mol. The molecule has 0 saturated heterocycles. The number of aliphatic hydroxyl groups is 1. The van der Waals surface area contributed by atoms with Gasteiger partial charge in [0.2, 0.25) is 5.13 Å². The van der Waals surface area contributed by atoms with E-state index in [2.05, 4.69) is 20.8 Å². The fourth-order valence-electron chi connectivity index (χ4n) is 1.98. The van der Waals surface area contributed by atoms with Gasteiger partial charge in [0.25, 0.3) is 0 Å². The fraction of sp³-hybridized carbons (Fsp3) is 0.438. The molecule has 23 heavy (non-hydrogen) atoms. The number of carbonyl (C=O) groups is 1. The summed E-state index contributed by atoms with van der Waals surface area (Å²) in [5.74, 6) is 0. The zero-order valence-electron chi connectivity index (χ0n) is 13.8. The molecule has 2 amide bonds. The van der Waals surface area contributed by atoms with E-state index in [1.54, 1.807) is 0 Å². The van der Waals surface area contributed by atoms with Crippen molar-refractivity contribution in [2.24, 2.45) is 0 Å². The van der Waals surface area contributed by atoms with Gasteiger partial charge in [-0.05, 0) is 18.1 Å². The summed E-state index contributed by atoms with van der Waals surface area (Å²) in [4.78, 5) is 11.9. The Morgan fingerprint density at radius 1 is 1.30 bits per heavy atom. The molecule has 0 bridgehead atoms. The summed E-state index contributed by atoms with van der Waals surface area (Å²) in [6.07, 6.45) is -0.749. The summed E-state index contributed by atoms with van der Waals surface area (Å²) in [6.45, 7) is 8.16. The molecule has 0 saturated carbocycles. The topological polar surface area (TPSA) is 87.1 Å². The van der Waals surface area contributed by atoms with Crippen LogP contribution < -0.4 is 10.6 Å². The van der Waals surface area contributed by atoms with Crippen molar-refractivity contribution in [2.45, 2.75) is 39.2 Å². The molecule has 1 aromatic heterocycles. The minimum atomic E-state index is -0.749. The molecule has 2 aromatic rings. The third-order valence-corrected chi connectivity index (χ3v) is 4.55. The lowest BCUT2D eigenvalue weighted by molar-refractivity contribution is 0.174. The molecule has 0 aliphatic rings. The lowest BCUT2D eigenvalue weighted by Gasteiger charge is -2.14. The Kier molecular flexibility index (Phi) is 5.33. The first kappa shape index (κ1) is 17.4. The highest BCUT2D eigenvalue weighted by molar-refractivity contribution is 7.15. The van der Waals surface area contributed by atoms with E-state index in [0.717, 1.165) is 16.1 Å². The molecule has 3 N–H and O–H groups in total. The van der Waals surface area contributed by atoms with Crippen LogP contribution in [-0.2, 0) is 5.41 Å². The maximum Gasteiger partial charge on any atom is 0.321 e. The number of aryl methyl sites for hydroxylation is 1. The Labute approximate surface area is 140 Å². The third-order valence-electron chi connectivity index (χ3n) is 3.29. The zero-order chi connectivity index (χ0) is 17.0. The first-order valence-electron chi connectivity index (χ1n) is 7.40.